The molecule has 8 heteroatoms. The lowest BCUT2D eigenvalue weighted by Crippen LogP contribution is -1.99. The molecule has 1 aromatic heterocycles. The fraction of sp³-hybridized carbons (Fsp3) is 0.238. The first-order valence-corrected chi connectivity index (χ1v) is 9.79. The second kappa shape index (κ2) is 9.29. The number of rotatable bonds is 9. The van der Waals surface area contributed by atoms with Crippen LogP contribution < -0.4 is 19.5 Å². The van der Waals surface area contributed by atoms with Crippen molar-refractivity contribution in [2.45, 2.75) is 13.3 Å². The van der Waals surface area contributed by atoms with Crippen LogP contribution in [0, 0.1) is 0 Å². The Kier molecular flexibility index (Phi) is 6.56. The van der Waals surface area contributed by atoms with E-state index in [9.17, 15) is 9.90 Å². The van der Waals surface area contributed by atoms with Crippen LogP contribution in [0.5, 0.6) is 17.2 Å². The van der Waals surface area contributed by atoms with Crippen molar-refractivity contribution in [1.29, 1.82) is 0 Å². The molecule has 0 aliphatic heterocycles. The zero-order chi connectivity index (χ0) is 20.8. The standard InChI is InChI=1S/C21H22N2O5S/c1-4-28-15-8-6-14(7-9-15)22-21-23-20(18(29-21)12-19(24)25)13-5-10-16(26-2)17(11-13)27-3/h5-11H,4,12H2,1-3H3,(H,22,23)(H,24,25). The number of nitrogens with zero attached hydrogens (tertiary/aromatic N) is 1. The molecular weight excluding hydrogens is 392 g/mol. The molecular formula is C21H22N2O5S. The zero-order valence-electron chi connectivity index (χ0n) is 16.4. The molecule has 3 rings (SSSR count). The number of hydrogen-bond donors (Lipinski definition) is 2. The molecule has 0 radical (unpaired) electrons. The van der Waals surface area contributed by atoms with E-state index < -0.39 is 5.97 Å². The third-order valence-corrected chi connectivity index (χ3v) is 5.05. The monoisotopic (exact) mass is 414 g/mol. The van der Waals surface area contributed by atoms with Gasteiger partial charge in [-0.3, -0.25) is 4.79 Å². The minimum absolute atomic E-state index is 0.119. The van der Waals surface area contributed by atoms with Crippen LogP contribution in [0.15, 0.2) is 42.5 Å². The predicted octanol–water partition coefficient (Wildman–Crippen LogP) is 4.60. The normalized spacial score (nSPS) is 10.4. The molecule has 0 aliphatic carbocycles. The minimum Gasteiger partial charge on any atom is -0.494 e. The Hall–Kier alpha value is -3.26. The predicted molar refractivity (Wildman–Crippen MR) is 113 cm³/mol. The maximum atomic E-state index is 11.3. The highest BCUT2D eigenvalue weighted by atomic mass is 32.1. The van der Waals surface area contributed by atoms with Crippen molar-refractivity contribution >= 4 is 28.1 Å². The van der Waals surface area contributed by atoms with Crippen LogP contribution in [0.4, 0.5) is 10.8 Å². The fourth-order valence-electron chi connectivity index (χ4n) is 2.80. The Morgan fingerprint density at radius 2 is 1.83 bits per heavy atom. The van der Waals surface area contributed by atoms with Crippen molar-refractivity contribution in [1.82, 2.24) is 4.98 Å². The number of carboxylic acid groups (broad SMARTS) is 1. The minimum atomic E-state index is -0.914. The summed E-state index contributed by atoms with van der Waals surface area (Å²) >= 11 is 1.31. The van der Waals surface area contributed by atoms with Gasteiger partial charge in [0.05, 0.1) is 32.9 Å². The quantitative estimate of drug-likeness (QED) is 0.529. The molecule has 0 amide bonds. The van der Waals surface area contributed by atoms with Gasteiger partial charge in [0.25, 0.3) is 0 Å². The van der Waals surface area contributed by atoms with Crippen molar-refractivity contribution < 1.29 is 24.1 Å². The maximum Gasteiger partial charge on any atom is 0.308 e. The summed E-state index contributed by atoms with van der Waals surface area (Å²) in [6.07, 6.45) is -0.119. The molecule has 0 spiro atoms. The molecule has 0 aliphatic rings. The van der Waals surface area contributed by atoms with Crippen molar-refractivity contribution in [3.63, 3.8) is 0 Å². The molecule has 2 aromatic carbocycles. The van der Waals surface area contributed by atoms with E-state index in [-0.39, 0.29) is 6.42 Å². The molecule has 0 saturated heterocycles. The highest BCUT2D eigenvalue weighted by molar-refractivity contribution is 7.16. The third kappa shape index (κ3) is 4.97. The number of nitrogens with one attached hydrogen (secondary N) is 1. The largest absolute Gasteiger partial charge is 0.494 e. The van der Waals surface area contributed by atoms with E-state index in [0.717, 1.165) is 17.0 Å². The lowest BCUT2D eigenvalue weighted by atomic mass is 10.1. The van der Waals surface area contributed by atoms with Gasteiger partial charge in [-0.2, -0.15) is 0 Å². The lowest BCUT2D eigenvalue weighted by Gasteiger charge is -2.09. The molecule has 3 aromatic rings. The maximum absolute atomic E-state index is 11.3. The fourth-order valence-corrected chi connectivity index (χ4v) is 3.79. The summed E-state index contributed by atoms with van der Waals surface area (Å²) in [6.45, 7) is 2.54. The smallest absolute Gasteiger partial charge is 0.308 e. The second-order valence-corrected chi connectivity index (χ2v) is 7.10. The molecule has 152 valence electrons. The molecule has 0 saturated carbocycles. The summed E-state index contributed by atoms with van der Waals surface area (Å²) in [5.41, 5.74) is 2.20. The van der Waals surface area contributed by atoms with Crippen LogP contribution in [-0.4, -0.2) is 36.9 Å². The van der Waals surface area contributed by atoms with Gasteiger partial charge in [-0.05, 0) is 49.4 Å². The molecule has 29 heavy (non-hydrogen) atoms. The Morgan fingerprint density at radius 1 is 1.10 bits per heavy atom. The number of aromatic nitrogens is 1. The number of ether oxygens (including phenoxy) is 3. The Labute approximate surface area is 172 Å². The molecule has 0 unspecified atom stereocenters. The van der Waals surface area contributed by atoms with E-state index in [0.29, 0.717) is 33.8 Å². The van der Waals surface area contributed by atoms with Crippen molar-refractivity contribution in [2.75, 3.05) is 26.1 Å². The number of benzene rings is 2. The van der Waals surface area contributed by atoms with Gasteiger partial charge in [-0.1, -0.05) is 0 Å². The average molecular weight is 414 g/mol. The van der Waals surface area contributed by atoms with Crippen LogP contribution in [-0.2, 0) is 11.2 Å². The van der Waals surface area contributed by atoms with Crippen molar-refractivity contribution in [3.05, 3.63) is 47.3 Å². The second-order valence-electron chi connectivity index (χ2n) is 6.01. The van der Waals surface area contributed by atoms with Crippen LogP contribution in [0.25, 0.3) is 11.3 Å². The van der Waals surface area contributed by atoms with Gasteiger partial charge in [0.1, 0.15) is 5.75 Å². The molecule has 1 heterocycles. The summed E-state index contributed by atoms with van der Waals surface area (Å²) in [5.74, 6) is 1.03. The number of aliphatic carboxylic acids is 1. The van der Waals surface area contributed by atoms with E-state index in [1.54, 1.807) is 26.4 Å². The zero-order valence-corrected chi connectivity index (χ0v) is 17.2. The lowest BCUT2D eigenvalue weighted by molar-refractivity contribution is -0.136. The van der Waals surface area contributed by atoms with Crippen LogP contribution in [0.1, 0.15) is 11.8 Å². The Balaban J connectivity index is 1.93. The van der Waals surface area contributed by atoms with Gasteiger partial charge in [-0.15, -0.1) is 11.3 Å². The Morgan fingerprint density at radius 3 is 2.45 bits per heavy atom. The summed E-state index contributed by atoms with van der Waals surface area (Å²) in [5, 5.41) is 13.1. The number of anilines is 2. The SMILES string of the molecule is CCOc1ccc(Nc2nc(-c3ccc(OC)c(OC)c3)c(CC(=O)O)s2)cc1. The van der Waals surface area contributed by atoms with E-state index in [1.165, 1.54) is 11.3 Å². The highest BCUT2D eigenvalue weighted by Gasteiger charge is 2.18. The number of methoxy groups -OCH3 is 2. The van der Waals surface area contributed by atoms with E-state index in [2.05, 4.69) is 10.3 Å². The first-order chi connectivity index (χ1) is 14.0. The topological polar surface area (TPSA) is 89.9 Å². The van der Waals surface area contributed by atoms with E-state index in [1.807, 2.05) is 37.3 Å². The van der Waals surface area contributed by atoms with Crippen molar-refractivity contribution in [3.8, 4) is 28.5 Å². The summed E-state index contributed by atoms with van der Waals surface area (Å²) in [6, 6.07) is 12.9. The highest BCUT2D eigenvalue weighted by Crippen LogP contribution is 2.37. The van der Waals surface area contributed by atoms with Gasteiger partial charge in [0.15, 0.2) is 16.6 Å². The molecule has 7 nitrogen and oxygen atoms in total. The van der Waals surface area contributed by atoms with Crippen LogP contribution in [0.2, 0.25) is 0 Å². The van der Waals surface area contributed by atoms with Crippen molar-refractivity contribution in [2.24, 2.45) is 0 Å². The van der Waals surface area contributed by atoms with Gasteiger partial charge >= 0.3 is 5.97 Å². The molecule has 0 fully saturated rings. The van der Waals surface area contributed by atoms with Gasteiger partial charge < -0.3 is 24.6 Å². The summed E-state index contributed by atoms with van der Waals surface area (Å²) in [4.78, 5) is 16.6. The average Bonchev–Trinajstić information content (AvgIpc) is 3.10. The number of carboxylic acids is 1. The van der Waals surface area contributed by atoms with Crippen LogP contribution >= 0.6 is 11.3 Å². The number of thiazole rings is 1. The van der Waals surface area contributed by atoms with E-state index >= 15 is 0 Å². The first-order valence-electron chi connectivity index (χ1n) is 8.97. The van der Waals surface area contributed by atoms with E-state index in [4.69, 9.17) is 14.2 Å². The Bertz CT molecular complexity index is 985. The van der Waals surface area contributed by atoms with Crippen LogP contribution in [0.3, 0.4) is 0 Å². The van der Waals surface area contributed by atoms with Gasteiger partial charge in [0.2, 0.25) is 0 Å². The summed E-state index contributed by atoms with van der Waals surface area (Å²) < 4.78 is 16.1. The summed E-state index contributed by atoms with van der Waals surface area (Å²) in [7, 11) is 3.12. The molecule has 0 atom stereocenters. The number of carbonyl (C=O) groups is 1. The van der Waals surface area contributed by atoms with Gasteiger partial charge in [0, 0.05) is 16.1 Å². The van der Waals surface area contributed by atoms with Gasteiger partial charge in [-0.25, -0.2) is 4.98 Å². The molecule has 0 bridgehead atoms. The first kappa shape index (κ1) is 20.5. The number of hydrogen-bond acceptors (Lipinski definition) is 7. The third-order valence-electron chi connectivity index (χ3n) is 4.08. The molecule has 2 N–H and O–H groups in total.